The van der Waals surface area contributed by atoms with Gasteiger partial charge >= 0.3 is 0 Å². The highest BCUT2D eigenvalue weighted by atomic mass is 16.3. The number of unbranched alkanes of at least 4 members (excludes halogenated alkanes) is 8. The van der Waals surface area contributed by atoms with Gasteiger partial charge in [0.2, 0.25) is 0 Å². The summed E-state index contributed by atoms with van der Waals surface area (Å²) in [7, 11) is 0. The van der Waals surface area contributed by atoms with Gasteiger partial charge in [-0.05, 0) is 12.8 Å². The lowest BCUT2D eigenvalue weighted by molar-refractivity contribution is 0.156. The second-order valence-corrected chi connectivity index (χ2v) is 4.68. The molecule has 0 bridgehead atoms. The van der Waals surface area contributed by atoms with Crippen LogP contribution in [0.25, 0.3) is 0 Å². The molecule has 0 heterocycles. The molecule has 0 spiro atoms. The zero-order valence-corrected chi connectivity index (χ0v) is 10.8. The van der Waals surface area contributed by atoms with E-state index in [9.17, 15) is 5.11 Å². The maximum atomic E-state index is 9.36. The van der Waals surface area contributed by atoms with E-state index in [2.05, 4.69) is 13.8 Å². The molecule has 0 radical (unpaired) electrons. The highest BCUT2D eigenvalue weighted by molar-refractivity contribution is 4.53. The van der Waals surface area contributed by atoms with E-state index in [0.717, 1.165) is 12.8 Å². The monoisotopic (exact) mass is 214 g/mol. The van der Waals surface area contributed by atoms with Crippen molar-refractivity contribution in [3.8, 4) is 0 Å². The summed E-state index contributed by atoms with van der Waals surface area (Å²) in [6.07, 6.45) is 14.2. The third-order valence-electron chi connectivity index (χ3n) is 3.11. The average Bonchev–Trinajstić information content (AvgIpc) is 2.26. The summed E-state index contributed by atoms with van der Waals surface area (Å²) in [4.78, 5) is 0. The quantitative estimate of drug-likeness (QED) is 0.495. The lowest BCUT2D eigenvalue weighted by Gasteiger charge is -2.06. The van der Waals surface area contributed by atoms with E-state index >= 15 is 0 Å². The van der Waals surface area contributed by atoms with Crippen LogP contribution in [0.2, 0.25) is 0 Å². The van der Waals surface area contributed by atoms with Crippen LogP contribution in [0.5, 0.6) is 0 Å². The van der Waals surface area contributed by atoms with Crippen molar-refractivity contribution in [3.05, 3.63) is 0 Å². The fourth-order valence-corrected chi connectivity index (χ4v) is 1.89. The van der Waals surface area contributed by atoms with Crippen molar-refractivity contribution in [3.63, 3.8) is 0 Å². The minimum absolute atomic E-state index is 0.0467. The molecule has 1 nitrogen and oxygen atoms in total. The molecule has 1 unspecified atom stereocenters. The maximum Gasteiger partial charge on any atom is 0.0537 e. The minimum atomic E-state index is -0.0467. The normalized spacial score (nSPS) is 13.0. The fraction of sp³-hybridized carbons (Fsp3) is 1.00. The van der Waals surface area contributed by atoms with E-state index in [4.69, 9.17) is 0 Å². The third-order valence-corrected chi connectivity index (χ3v) is 3.11. The Morgan fingerprint density at radius 1 is 0.733 bits per heavy atom. The average molecular weight is 214 g/mol. The van der Waals surface area contributed by atoms with Gasteiger partial charge in [0.1, 0.15) is 0 Å². The van der Waals surface area contributed by atoms with Crippen LogP contribution < -0.4 is 0 Å². The molecule has 0 aliphatic rings. The fourth-order valence-electron chi connectivity index (χ4n) is 1.89. The van der Waals surface area contributed by atoms with Gasteiger partial charge in [-0.3, -0.25) is 0 Å². The van der Waals surface area contributed by atoms with E-state index in [1.54, 1.807) is 0 Å². The Hall–Kier alpha value is -0.0400. The molecule has 0 aliphatic heterocycles. The second kappa shape index (κ2) is 12.0. The minimum Gasteiger partial charge on any atom is -0.393 e. The first-order valence-corrected chi connectivity index (χ1v) is 6.99. The molecule has 1 heteroatoms. The summed E-state index contributed by atoms with van der Waals surface area (Å²) in [5, 5.41) is 9.36. The Balaban J connectivity index is 2.92. The molecule has 0 fully saturated rings. The van der Waals surface area contributed by atoms with Gasteiger partial charge in [0, 0.05) is 0 Å². The van der Waals surface area contributed by atoms with Crippen LogP contribution in [0, 0.1) is 0 Å². The standard InChI is InChI=1S/C14H30O/c1-3-5-6-7-8-9-10-11-12-13-14(15)4-2/h14-15H,3-13H2,1-2H3. The zero-order valence-electron chi connectivity index (χ0n) is 10.8. The van der Waals surface area contributed by atoms with Crippen LogP contribution in [0.3, 0.4) is 0 Å². The molecule has 92 valence electrons. The maximum absolute atomic E-state index is 9.36. The first kappa shape index (κ1) is 15.0. The van der Waals surface area contributed by atoms with Crippen molar-refractivity contribution in [2.75, 3.05) is 0 Å². The summed E-state index contributed by atoms with van der Waals surface area (Å²) in [5.41, 5.74) is 0. The van der Waals surface area contributed by atoms with Crippen molar-refractivity contribution in [1.82, 2.24) is 0 Å². The van der Waals surface area contributed by atoms with Crippen molar-refractivity contribution < 1.29 is 5.11 Å². The summed E-state index contributed by atoms with van der Waals surface area (Å²) in [6, 6.07) is 0. The number of rotatable bonds is 11. The number of aliphatic hydroxyl groups excluding tert-OH is 1. The van der Waals surface area contributed by atoms with Crippen molar-refractivity contribution >= 4 is 0 Å². The highest BCUT2D eigenvalue weighted by Gasteiger charge is 1.99. The zero-order chi connectivity index (χ0) is 11.4. The van der Waals surface area contributed by atoms with Crippen LogP contribution in [-0.4, -0.2) is 11.2 Å². The predicted octanol–water partition coefficient (Wildman–Crippen LogP) is 4.68. The topological polar surface area (TPSA) is 20.2 Å². The molecular weight excluding hydrogens is 184 g/mol. The highest BCUT2D eigenvalue weighted by Crippen LogP contribution is 2.11. The van der Waals surface area contributed by atoms with Gasteiger partial charge in [-0.1, -0.05) is 71.6 Å². The third kappa shape index (κ3) is 11.9. The van der Waals surface area contributed by atoms with Crippen molar-refractivity contribution in [1.29, 1.82) is 0 Å². The molecule has 0 aliphatic carbocycles. The van der Waals surface area contributed by atoms with Crippen molar-refractivity contribution in [2.24, 2.45) is 0 Å². The van der Waals surface area contributed by atoms with E-state index in [1.807, 2.05) is 0 Å². The molecule has 15 heavy (non-hydrogen) atoms. The Kier molecular flexibility index (Phi) is 12.0. The Bertz CT molecular complexity index is 112. The largest absolute Gasteiger partial charge is 0.393 e. The lowest BCUT2D eigenvalue weighted by Crippen LogP contribution is -2.03. The van der Waals surface area contributed by atoms with Gasteiger partial charge in [-0.25, -0.2) is 0 Å². The van der Waals surface area contributed by atoms with E-state index in [0.29, 0.717) is 0 Å². The number of aliphatic hydroxyl groups is 1. The molecular formula is C14H30O. The van der Waals surface area contributed by atoms with E-state index < -0.39 is 0 Å². The Labute approximate surface area is 96.3 Å². The van der Waals surface area contributed by atoms with Gasteiger partial charge in [0.25, 0.3) is 0 Å². The SMILES string of the molecule is CCCCCCCCCCCC(O)CC. The van der Waals surface area contributed by atoms with Gasteiger partial charge in [-0.2, -0.15) is 0 Å². The van der Waals surface area contributed by atoms with Crippen LogP contribution >= 0.6 is 0 Å². The van der Waals surface area contributed by atoms with Crippen molar-refractivity contribution in [2.45, 2.75) is 90.6 Å². The first-order chi connectivity index (χ1) is 7.31. The van der Waals surface area contributed by atoms with Crippen LogP contribution in [0.15, 0.2) is 0 Å². The molecule has 1 N–H and O–H groups in total. The summed E-state index contributed by atoms with van der Waals surface area (Å²) >= 11 is 0. The lowest BCUT2D eigenvalue weighted by atomic mass is 10.0. The van der Waals surface area contributed by atoms with E-state index in [1.165, 1.54) is 57.8 Å². The number of hydrogen-bond donors (Lipinski definition) is 1. The first-order valence-electron chi connectivity index (χ1n) is 6.99. The smallest absolute Gasteiger partial charge is 0.0537 e. The summed E-state index contributed by atoms with van der Waals surface area (Å²) < 4.78 is 0. The molecule has 0 aromatic carbocycles. The van der Waals surface area contributed by atoms with Crippen LogP contribution in [-0.2, 0) is 0 Å². The second-order valence-electron chi connectivity index (χ2n) is 4.68. The molecule has 0 aromatic rings. The Morgan fingerprint density at radius 2 is 1.20 bits per heavy atom. The molecule has 0 saturated heterocycles. The van der Waals surface area contributed by atoms with E-state index in [-0.39, 0.29) is 6.10 Å². The van der Waals surface area contributed by atoms with Gasteiger partial charge < -0.3 is 5.11 Å². The van der Waals surface area contributed by atoms with Gasteiger partial charge in [0.05, 0.1) is 6.10 Å². The number of hydrogen-bond acceptors (Lipinski definition) is 1. The predicted molar refractivity (Wildman–Crippen MR) is 68.1 cm³/mol. The molecule has 0 rings (SSSR count). The summed E-state index contributed by atoms with van der Waals surface area (Å²) in [6.45, 7) is 4.32. The molecule has 0 aromatic heterocycles. The molecule has 0 saturated carbocycles. The van der Waals surface area contributed by atoms with Crippen LogP contribution in [0.4, 0.5) is 0 Å². The molecule has 0 amide bonds. The molecule has 1 atom stereocenters. The van der Waals surface area contributed by atoms with Gasteiger partial charge in [0.15, 0.2) is 0 Å². The van der Waals surface area contributed by atoms with Crippen LogP contribution in [0.1, 0.15) is 84.5 Å². The Morgan fingerprint density at radius 3 is 1.67 bits per heavy atom. The summed E-state index contributed by atoms with van der Waals surface area (Å²) in [5.74, 6) is 0. The van der Waals surface area contributed by atoms with Gasteiger partial charge in [-0.15, -0.1) is 0 Å².